The van der Waals surface area contributed by atoms with Gasteiger partial charge in [0.15, 0.2) is 0 Å². The van der Waals surface area contributed by atoms with E-state index in [0.29, 0.717) is 6.54 Å². The molecule has 0 aliphatic rings. The van der Waals surface area contributed by atoms with Gasteiger partial charge in [-0.05, 0) is 18.2 Å². The van der Waals surface area contributed by atoms with Crippen LogP contribution < -0.4 is 15.2 Å². The highest BCUT2D eigenvalue weighted by molar-refractivity contribution is 5.94. The van der Waals surface area contributed by atoms with Gasteiger partial charge in [0, 0.05) is 18.1 Å². The highest BCUT2D eigenvalue weighted by atomic mass is 16.5. The molecule has 84 valence electrons. The minimum atomic E-state index is 0.376. The summed E-state index contributed by atoms with van der Waals surface area (Å²) in [6, 6.07) is 5.64. The number of aromatic nitrogens is 1. The smallest absolute Gasteiger partial charge is 0.128 e. The van der Waals surface area contributed by atoms with Crippen LogP contribution in [0.1, 0.15) is 5.69 Å². The van der Waals surface area contributed by atoms with Gasteiger partial charge in [-0.2, -0.15) is 0 Å². The lowest BCUT2D eigenvalue weighted by atomic mass is 10.1. The van der Waals surface area contributed by atoms with E-state index in [1.807, 2.05) is 18.2 Å². The highest BCUT2D eigenvalue weighted by Crippen LogP contribution is 2.34. The van der Waals surface area contributed by atoms with Gasteiger partial charge in [-0.3, -0.25) is 4.98 Å². The molecular weight excluding hydrogens is 204 g/mol. The standard InChI is InChI=1S/C12H14N2O2/c1-15-10-3-4-11(16-2)12-8(10)5-6-14-9(12)7-13/h3-6H,7,13H2,1-2H3. The second-order valence-corrected chi connectivity index (χ2v) is 3.35. The number of fused-ring (bicyclic) bond motifs is 1. The Labute approximate surface area is 94.0 Å². The van der Waals surface area contributed by atoms with Gasteiger partial charge in [0.25, 0.3) is 0 Å². The maximum absolute atomic E-state index is 5.67. The maximum atomic E-state index is 5.67. The predicted molar refractivity (Wildman–Crippen MR) is 62.7 cm³/mol. The molecule has 0 fully saturated rings. The summed E-state index contributed by atoms with van der Waals surface area (Å²) in [5, 5.41) is 1.89. The Morgan fingerprint density at radius 2 is 1.81 bits per heavy atom. The second-order valence-electron chi connectivity index (χ2n) is 3.35. The first-order valence-corrected chi connectivity index (χ1v) is 5.00. The summed E-state index contributed by atoms with van der Waals surface area (Å²) in [6.07, 6.45) is 1.73. The Kier molecular flexibility index (Phi) is 2.92. The molecule has 0 aliphatic carbocycles. The van der Waals surface area contributed by atoms with Gasteiger partial charge in [0.1, 0.15) is 11.5 Å². The van der Waals surface area contributed by atoms with Gasteiger partial charge in [-0.25, -0.2) is 0 Å². The van der Waals surface area contributed by atoms with Gasteiger partial charge in [0.2, 0.25) is 0 Å². The lowest BCUT2D eigenvalue weighted by molar-refractivity contribution is 0.410. The topological polar surface area (TPSA) is 57.4 Å². The average molecular weight is 218 g/mol. The van der Waals surface area contributed by atoms with Crippen LogP contribution in [0.5, 0.6) is 11.5 Å². The molecule has 0 unspecified atom stereocenters. The van der Waals surface area contributed by atoms with Crippen LogP contribution in [0.25, 0.3) is 10.8 Å². The fraction of sp³-hybridized carbons (Fsp3) is 0.250. The molecule has 0 atom stereocenters. The number of pyridine rings is 1. The minimum absolute atomic E-state index is 0.376. The highest BCUT2D eigenvalue weighted by Gasteiger charge is 2.10. The molecule has 0 aliphatic heterocycles. The zero-order chi connectivity index (χ0) is 11.5. The van der Waals surface area contributed by atoms with E-state index in [0.717, 1.165) is 28.0 Å². The number of nitrogens with two attached hydrogens (primary N) is 1. The lowest BCUT2D eigenvalue weighted by Crippen LogP contribution is -2.02. The molecule has 0 radical (unpaired) electrons. The Bertz CT molecular complexity index is 501. The van der Waals surface area contributed by atoms with Gasteiger partial charge in [-0.15, -0.1) is 0 Å². The number of ether oxygens (including phenoxy) is 2. The predicted octanol–water partition coefficient (Wildman–Crippen LogP) is 1.71. The summed E-state index contributed by atoms with van der Waals surface area (Å²) in [7, 11) is 3.28. The number of nitrogens with zero attached hydrogens (tertiary/aromatic N) is 1. The van der Waals surface area contributed by atoms with E-state index in [2.05, 4.69) is 4.98 Å². The number of rotatable bonds is 3. The molecule has 1 aromatic carbocycles. The van der Waals surface area contributed by atoms with E-state index in [1.54, 1.807) is 20.4 Å². The van der Waals surface area contributed by atoms with Crippen molar-refractivity contribution < 1.29 is 9.47 Å². The molecule has 2 rings (SSSR count). The average Bonchev–Trinajstić information content (AvgIpc) is 2.36. The Morgan fingerprint density at radius 3 is 2.44 bits per heavy atom. The van der Waals surface area contributed by atoms with E-state index in [4.69, 9.17) is 15.2 Å². The van der Waals surface area contributed by atoms with E-state index >= 15 is 0 Å². The van der Waals surface area contributed by atoms with Crippen molar-refractivity contribution in [2.45, 2.75) is 6.54 Å². The number of benzene rings is 1. The van der Waals surface area contributed by atoms with Crippen LogP contribution in [0.3, 0.4) is 0 Å². The number of methoxy groups -OCH3 is 2. The zero-order valence-corrected chi connectivity index (χ0v) is 9.36. The molecule has 1 aromatic heterocycles. The van der Waals surface area contributed by atoms with Gasteiger partial charge in [-0.1, -0.05) is 0 Å². The third kappa shape index (κ3) is 1.57. The Balaban J connectivity index is 2.84. The molecule has 0 saturated heterocycles. The van der Waals surface area contributed by atoms with Crippen molar-refractivity contribution in [2.75, 3.05) is 14.2 Å². The minimum Gasteiger partial charge on any atom is -0.496 e. The lowest BCUT2D eigenvalue weighted by Gasteiger charge is -2.11. The maximum Gasteiger partial charge on any atom is 0.128 e. The summed E-state index contributed by atoms with van der Waals surface area (Å²) in [5.74, 6) is 1.57. The van der Waals surface area contributed by atoms with Crippen LogP contribution in [0.2, 0.25) is 0 Å². The van der Waals surface area contributed by atoms with Crippen molar-refractivity contribution in [3.8, 4) is 11.5 Å². The zero-order valence-electron chi connectivity index (χ0n) is 9.36. The van der Waals surface area contributed by atoms with E-state index in [1.165, 1.54) is 0 Å². The molecule has 0 spiro atoms. The fourth-order valence-electron chi connectivity index (χ4n) is 1.81. The number of hydrogen-bond donors (Lipinski definition) is 1. The normalized spacial score (nSPS) is 10.4. The molecule has 0 bridgehead atoms. The molecule has 4 heteroatoms. The molecule has 16 heavy (non-hydrogen) atoms. The van der Waals surface area contributed by atoms with E-state index < -0.39 is 0 Å². The summed E-state index contributed by atoms with van der Waals surface area (Å²) in [6.45, 7) is 0.376. The number of hydrogen-bond acceptors (Lipinski definition) is 4. The van der Waals surface area contributed by atoms with Crippen molar-refractivity contribution in [1.82, 2.24) is 4.98 Å². The first-order chi connectivity index (χ1) is 7.81. The Morgan fingerprint density at radius 1 is 1.12 bits per heavy atom. The van der Waals surface area contributed by atoms with Gasteiger partial charge in [0.05, 0.1) is 25.3 Å². The first kappa shape index (κ1) is 10.7. The van der Waals surface area contributed by atoms with Crippen molar-refractivity contribution in [3.63, 3.8) is 0 Å². The van der Waals surface area contributed by atoms with Crippen LogP contribution in [-0.4, -0.2) is 19.2 Å². The van der Waals surface area contributed by atoms with E-state index in [-0.39, 0.29) is 0 Å². The van der Waals surface area contributed by atoms with Gasteiger partial charge >= 0.3 is 0 Å². The SMILES string of the molecule is COc1ccc(OC)c2c(CN)nccc12. The van der Waals surface area contributed by atoms with Crippen LogP contribution in [-0.2, 0) is 6.54 Å². The van der Waals surface area contributed by atoms with Crippen LogP contribution in [0, 0.1) is 0 Å². The molecule has 1 heterocycles. The molecule has 0 saturated carbocycles. The van der Waals surface area contributed by atoms with Crippen molar-refractivity contribution >= 4 is 10.8 Å². The quantitative estimate of drug-likeness (QED) is 0.852. The molecule has 4 nitrogen and oxygen atoms in total. The monoisotopic (exact) mass is 218 g/mol. The molecule has 0 amide bonds. The first-order valence-electron chi connectivity index (χ1n) is 5.00. The third-order valence-electron chi connectivity index (χ3n) is 2.56. The Hall–Kier alpha value is -1.81. The summed E-state index contributed by atoms with van der Waals surface area (Å²) >= 11 is 0. The van der Waals surface area contributed by atoms with Crippen molar-refractivity contribution in [1.29, 1.82) is 0 Å². The van der Waals surface area contributed by atoms with Gasteiger partial charge < -0.3 is 15.2 Å². The molecule has 2 N–H and O–H groups in total. The molecule has 2 aromatic rings. The summed E-state index contributed by atoms with van der Waals surface area (Å²) < 4.78 is 10.6. The third-order valence-corrected chi connectivity index (χ3v) is 2.56. The fourth-order valence-corrected chi connectivity index (χ4v) is 1.81. The van der Waals surface area contributed by atoms with Crippen LogP contribution in [0.4, 0.5) is 0 Å². The van der Waals surface area contributed by atoms with Crippen molar-refractivity contribution in [3.05, 3.63) is 30.1 Å². The second kappa shape index (κ2) is 4.37. The van der Waals surface area contributed by atoms with E-state index in [9.17, 15) is 0 Å². The van der Waals surface area contributed by atoms with Crippen LogP contribution in [0.15, 0.2) is 24.4 Å². The van der Waals surface area contributed by atoms with Crippen molar-refractivity contribution in [2.24, 2.45) is 5.73 Å². The summed E-state index contributed by atoms with van der Waals surface area (Å²) in [4.78, 5) is 4.25. The van der Waals surface area contributed by atoms with Crippen LogP contribution >= 0.6 is 0 Å². The largest absolute Gasteiger partial charge is 0.496 e. The summed E-state index contributed by atoms with van der Waals surface area (Å²) in [5.41, 5.74) is 6.49. The molecular formula is C12H14N2O2.